The van der Waals surface area contributed by atoms with E-state index in [1.54, 1.807) is 43.3 Å². The van der Waals surface area contributed by atoms with Crippen LogP contribution in [0.2, 0.25) is 0 Å². The number of furan rings is 1. The van der Waals surface area contributed by atoms with Gasteiger partial charge in [-0.3, -0.25) is 15.6 Å². The largest absolute Gasteiger partial charge is 0.466 e. The van der Waals surface area contributed by atoms with E-state index in [-0.39, 0.29) is 24.1 Å². The molecule has 3 rings (SSSR count). The van der Waals surface area contributed by atoms with Crippen LogP contribution in [0.4, 0.5) is 0 Å². The predicted molar refractivity (Wildman–Crippen MR) is 112 cm³/mol. The minimum atomic E-state index is -0.339. The molecule has 0 radical (unpaired) electrons. The number of hydrogen-bond donors (Lipinski definition) is 4. The highest BCUT2D eigenvalue weighted by Crippen LogP contribution is 2.33. The van der Waals surface area contributed by atoms with E-state index in [9.17, 15) is 4.79 Å². The normalized spacial score (nSPS) is 10.5. The zero-order chi connectivity index (χ0) is 21.0. The summed E-state index contributed by atoms with van der Waals surface area (Å²) in [5.41, 5.74) is 14.5. The molecule has 0 saturated heterocycles. The zero-order valence-corrected chi connectivity index (χ0v) is 16.0. The van der Waals surface area contributed by atoms with E-state index >= 15 is 0 Å². The minimum absolute atomic E-state index is 0.00903. The molecule has 6 N–H and O–H groups in total. The van der Waals surface area contributed by atoms with Gasteiger partial charge in [-0.25, -0.2) is 0 Å². The van der Waals surface area contributed by atoms with Crippen LogP contribution < -0.4 is 11.5 Å². The summed E-state index contributed by atoms with van der Waals surface area (Å²) in [7, 11) is 0. The van der Waals surface area contributed by atoms with Crippen molar-refractivity contribution < 1.29 is 13.9 Å². The number of ether oxygens (including phenoxy) is 1. The predicted octanol–water partition coefficient (Wildman–Crippen LogP) is 3.29. The van der Waals surface area contributed by atoms with Crippen molar-refractivity contribution in [3.8, 4) is 22.6 Å². The van der Waals surface area contributed by atoms with Crippen molar-refractivity contribution in [1.82, 2.24) is 0 Å². The molecule has 1 heterocycles. The van der Waals surface area contributed by atoms with Gasteiger partial charge in [-0.15, -0.1) is 0 Å². The van der Waals surface area contributed by atoms with Gasteiger partial charge in [0.2, 0.25) is 0 Å². The van der Waals surface area contributed by atoms with Crippen LogP contribution in [0.3, 0.4) is 0 Å². The topological polar surface area (TPSA) is 139 Å². The fourth-order valence-corrected chi connectivity index (χ4v) is 2.93. The molecule has 0 aliphatic carbocycles. The Labute approximate surface area is 168 Å². The second kappa shape index (κ2) is 8.43. The lowest BCUT2D eigenvalue weighted by atomic mass is 10.0. The van der Waals surface area contributed by atoms with E-state index in [1.807, 2.05) is 18.2 Å². The first kappa shape index (κ1) is 19.9. The molecule has 0 unspecified atom stereocenters. The Bertz CT molecular complexity index is 1050. The highest BCUT2D eigenvalue weighted by molar-refractivity contribution is 5.96. The number of nitrogens with one attached hydrogen (secondary N) is 2. The maximum absolute atomic E-state index is 12.1. The molecule has 0 bridgehead atoms. The van der Waals surface area contributed by atoms with Crippen molar-refractivity contribution in [2.24, 2.45) is 11.5 Å². The van der Waals surface area contributed by atoms with Crippen LogP contribution in [0.25, 0.3) is 22.6 Å². The summed E-state index contributed by atoms with van der Waals surface area (Å²) in [4.78, 5) is 12.1. The fraction of sp³-hybridized carbons (Fsp3) is 0.136. The summed E-state index contributed by atoms with van der Waals surface area (Å²) in [6.07, 6.45) is 0.0761. The van der Waals surface area contributed by atoms with E-state index in [0.29, 0.717) is 34.8 Å². The van der Waals surface area contributed by atoms with Gasteiger partial charge in [-0.1, -0.05) is 48.5 Å². The highest BCUT2D eigenvalue weighted by Gasteiger charge is 2.18. The van der Waals surface area contributed by atoms with Gasteiger partial charge in [-0.2, -0.15) is 0 Å². The number of nitrogens with two attached hydrogens (primary N) is 2. The van der Waals surface area contributed by atoms with Gasteiger partial charge < -0.3 is 20.6 Å². The third kappa shape index (κ3) is 4.52. The Kier molecular flexibility index (Phi) is 5.78. The third-order valence-corrected chi connectivity index (χ3v) is 4.39. The van der Waals surface area contributed by atoms with Crippen molar-refractivity contribution in [3.05, 3.63) is 71.3 Å². The molecule has 148 valence electrons. The summed E-state index contributed by atoms with van der Waals surface area (Å²) >= 11 is 0. The standard InChI is InChI=1S/C22H22N4O3/c1-2-28-19(27)12-17-11-18(13-3-7-15(8-4-13)21(23)24)29-20(17)14-5-9-16(10-6-14)22(25)26/h3-11H,2,12H2,1H3,(H3,23,24)(H3,25,26). The first-order valence-electron chi connectivity index (χ1n) is 9.07. The Balaban J connectivity index is 2.01. The van der Waals surface area contributed by atoms with E-state index in [4.69, 9.17) is 31.4 Å². The molecule has 7 heteroatoms. The average Bonchev–Trinajstić information content (AvgIpc) is 3.12. The van der Waals surface area contributed by atoms with Crippen molar-refractivity contribution in [2.45, 2.75) is 13.3 Å². The van der Waals surface area contributed by atoms with Crippen LogP contribution in [-0.4, -0.2) is 24.2 Å². The lowest BCUT2D eigenvalue weighted by Gasteiger charge is -2.05. The molecular weight excluding hydrogens is 368 g/mol. The molecule has 0 fully saturated rings. The van der Waals surface area contributed by atoms with Gasteiger partial charge >= 0.3 is 5.97 Å². The Morgan fingerprint density at radius 3 is 1.93 bits per heavy atom. The first-order valence-corrected chi connectivity index (χ1v) is 9.07. The second-order valence-electron chi connectivity index (χ2n) is 6.43. The van der Waals surface area contributed by atoms with Crippen LogP contribution >= 0.6 is 0 Å². The van der Waals surface area contributed by atoms with Crippen molar-refractivity contribution >= 4 is 17.6 Å². The quantitative estimate of drug-likeness (QED) is 0.278. The van der Waals surface area contributed by atoms with Gasteiger partial charge in [0.25, 0.3) is 0 Å². The SMILES string of the molecule is CCOC(=O)Cc1cc(-c2ccc(C(=N)N)cc2)oc1-c1ccc(C(=N)N)cc1. The van der Waals surface area contributed by atoms with Crippen molar-refractivity contribution in [2.75, 3.05) is 6.61 Å². The number of esters is 1. The summed E-state index contributed by atoms with van der Waals surface area (Å²) < 4.78 is 11.2. The Hall–Kier alpha value is -3.87. The Morgan fingerprint density at radius 1 is 0.931 bits per heavy atom. The second-order valence-corrected chi connectivity index (χ2v) is 6.43. The molecule has 2 aromatic carbocycles. The fourth-order valence-electron chi connectivity index (χ4n) is 2.93. The number of nitrogen functional groups attached to an aromatic ring is 2. The zero-order valence-electron chi connectivity index (χ0n) is 16.0. The van der Waals surface area contributed by atoms with Crippen LogP contribution in [0.5, 0.6) is 0 Å². The van der Waals surface area contributed by atoms with Crippen LogP contribution in [0.15, 0.2) is 59.0 Å². The van der Waals surface area contributed by atoms with Crippen LogP contribution in [-0.2, 0) is 16.0 Å². The molecule has 0 saturated carbocycles. The number of carbonyl (C=O) groups excluding carboxylic acids is 1. The summed E-state index contributed by atoms with van der Waals surface area (Å²) in [6, 6.07) is 16.0. The monoisotopic (exact) mass is 390 g/mol. The summed E-state index contributed by atoms with van der Waals surface area (Å²) in [6.45, 7) is 2.06. The van der Waals surface area contributed by atoms with Gasteiger partial charge in [0.15, 0.2) is 0 Å². The van der Waals surface area contributed by atoms with Crippen molar-refractivity contribution in [3.63, 3.8) is 0 Å². The molecule has 0 spiro atoms. The number of benzene rings is 2. The number of rotatable bonds is 7. The molecule has 3 aromatic rings. The molecule has 29 heavy (non-hydrogen) atoms. The van der Waals surface area contributed by atoms with Gasteiger partial charge in [0, 0.05) is 27.8 Å². The minimum Gasteiger partial charge on any atom is -0.466 e. The van der Waals surface area contributed by atoms with Crippen molar-refractivity contribution in [1.29, 1.82) is 10.8 Å². The van der Waals surface area contributed by atoms with Crippen LogP contribution in [0.1, 0.15) is 23.6 Å². The molecule has 0 atom stereocenters. The maximum atomic E-state index is 12.1. The number of amidine groups is 2. The highest BCUT2D eigenvalue weighted by atomic mass is 16.5. The van der Waals surface area contributed by atoms with E-state index in [1.165, 1.54) is 0 Å². The van der Waals surface area contributed by atoms with Crippen LogP contribution in [0, 0.1) is 10.8 Å². The first-order chi connectivity index (χ1) is 13.9. The maximum Gasteiger partial charge on any atom is 0.310 e. The molecule has 1 aromatic heterocycles. The van der Waals surface area contributed by atoms with Gasteiger partial charge in [0.05, 0.1) is 13.0 Å². The molecule has 0 amide bonds. The molecule has 0 aliphatic rings. The van der Waals surface area contributed by atoms with E-state index < -0.39 is 0 Å². The van der Waals surface area contributed by atoms with Gasteiger partial charge in [0.1, 0.15) is 23.2 Å². The lowest BCUT2D eigenvalue weighted by molar-refractivity contribution is -0.142. The molecule has 7 nitrogen and oxygen atoms in total. The Morgan fingerprint density at radius 2 is 1.45 bits per heavy atom. The summed E-state index contributed by atoms with van der Waals surface area (Å²) in [5, 5.41) is 15.0. The average molecular weight is 390 g/mol. The number of hydrogen-bond acceptors (Lipinski definition) is 5. The van der Waals surface area contributed by atoms with E-state index in [0.717, 1.165) is 11.1 Å². The smallest absolute Gasteiger partial charge is 0.310 e. The van der Waals surface area contributed by atoms with E-state index in [2.05, 4.69) is 0 Å². The van der Waals surface area contributed by atoms with Gasteiger partial charge in [-0.05, 0) is 13.0 Å². The molecular formula is C22H22N4O3. The number of carbonyl (C=O) groups is 1. The molecule has 0 aliphatic heterocycles. The lowest BCUT2D eigenvalue weighted by Crippen LogP contribution is -2.10. The summed E-state index contributed by atoms with van der Waals surface area (Å²) in [5.74, 6) is 0.775. The third-order valence-electron chi connectivity index (χ3n) is 4.39.